The maximum absolute atomic E-state index is 12.7. The summed E-state index contributed by atoms with van der Waals surface area (Å²) in [7, 11) is 0. The van der Waals surface area contributed by atoms with Crippen LogP contribution in [0.25, 0.3) is 21.8 Å². The van der Waals surface area contributed by atoms with Crippen molar-refractivity contribution in [3.63, 3.8) is 0 Å². The number of rotatable bonds is 3. The van der Waals surface area contributed by atoms with Gasteiger partial charge in [-0.1, -0.05) is 18.2 Å². The number of nitrogens with one attached hydrogen (secondary N) is 1. The van der Waals surface area contributed by atoms with Gasteiger partial charge in [-0.05, 0) is 44.0 Å². The molecule has 4 rings (SSSR count). The Morgan fingerprint density at radius 3 is 2.58 bits per heavy atom. The fraction of sp³-hybridized carbons (Fsp3) is 0.350. The first-order valence-corrected chi connectivity index (χ1v) is 8.81. The van der Waals surface area contributed by atoms with E-state index in [1.54, 1.807) is 0 Å². The number of halogens is 1. The number of carbonyl (C=O) groups excluding carboxylic acids is 1. The van der Waals surface area contributed by atoms with Crippen molar-refractivity contribution in [2.75, 3.05) is 18.5 Å². The van der Waals surface area contributed by atoms with Crippen LogP contribution in [0.4, 0.5) is 5.69 Å². The van der Waals surface area contributed by atoms with Crippen molar-refractivity contribution >= 4 is 45.8 Å². The quantitative estimate of drug-likeness (QED) is 0.735. The topological polar surface area (TPSA) is 69.3 Å². The number of aryl methyl sites for hydroxylation is 1. The van der Waals surface area contributed by atoms with Gasteiger partial charge >= 0.3 is 0 Å². The first-order chi connectivity index (χ1) is 12.1. The standard InChI is InChI=1S/C20H23N3O2.ClH/c1-2-23-17-6-4-3-5-15(17)16-13-14(7-8-18(16)23)22-19(24)20(21)9-11-25-12-10-20;/h3-8,13H,2,9-12,21H2,1H3,(H,22,24);1H. The molecule has 0 unspecified atom stereocenters. The normalized spacial score (nSPS) is 16.4. The SMILES string of the molecule is CCn1c2ccccc2c2cc(NC(=O)C3(N)CCOCC3)ccc21.Cl. The number of nitrogens with two attached hydrogens (primary N) is 1. The summed E-state index contributed by atoms with van der Waals surface area (Å²) in [4.78, 5) is 12.7. The zero-order valence-corrected chi connectivity index (χ0v) is 15.6. The van der Waals surface area contributed by atoms with Crippen LogP contribution in [-0.2, 0) is 16.1 Å². The van der Waals surface area contributed by atoms with Gasteiger partial charge in [0.15, 0.2) is 0 Å². The lowest BCUT2D eigenvalue weighted by molar-refractivity contribution is -0.124. The maximum atomic E-state index is 12.7. The number of carbonyl (C=O) groups is 1. The Balaban J connectivity index is 0.00000196. The highest BCUT2D eigenvalue weighted by atomic mass is 35.5. The second-order valence-corrected chi connectivity index (χ2v) is 6.72. The molecule has 3 N–H and O–H groups in total. The molecular formula is C20H24ClN3O2. The molecule has 5 nitrogen and oxygen atoms in total. The van der Waals surface area contributed by atoms with Gasteiger partial charge in [-0.2, -0.15) is 0 Å². The van der Waals surface area contributed by atoms with Crippen molar-refractivity contribution in [3.8, 4) is 0 Å². The highest BCUT2D eigenvalue weighted by molar-refractivity contribution is 6.10. The number of nitrogens with zero attached hydrogens (tertiary/aromatic N) is 1. The predicted molar refractivity (Wildman–Crippen MR) is 108 cm³/mol. The summed E-state index contributed by atoms with van der Waals surface area (Å²) in [5, 5.41) is 5.35. The molecule has 26 heavy (non-hydrogen) atoms. The largest absolute Gasteiger partial charge is 0.381 e. The predicted octanol–water partition coefficient (Wildman–Crippen LogP) is 3.68. The molecule has 3 aromatic rings. The Kier molecular flexibility index (Phi) is 5.23. The Hall–Kier alpha value is -2.08. The van der Waals surface area contributed by atoms with Crippen molar-refractivity contribution in [1.82, 2.24) is 4.57 Å². The molecule has 1 saturated heterocycles. The summed E-state index contributed by atoms with van der Waals surface area (Å²) in [6.45, 7) is 4.12. The van der Waals surface area contributed by atoms with E-state index in [-0.39, 0.29) is 18.3 Å². The van der Waals surface area contributed by atoms with Crippen molar-refractivity contribution in [3.05, 3.63) is 42.5 Å². The summed E-state index contributed by atoms with van der Waals surface area (Å²) in [6.07, 6.45) is 1.10. The summed E-state index contributed by atoms with van der Waals surface area (Å²) >= 11 is 0. The van der Waals surface area contributed by atoms with E-state index in [1.807, 2.05) is 18.2 Å². The molecule has 0 bridgehead atoms. The van der Waals surface area contributed by atoms with Gasteiger partial charge in [0.25, 0.3) is 0 Å². The number of anilines is 1. The van der Waals surface area contributed by atoms with Crippen LogP contribution in [-0.4, -0.2) is 29.2 Å². The van der Waals surface area contributed by atoms with Crippen LogP contribution < -0.4 is 11.1 Å². The van der Waals surface area contributed by atoms with E-state index in [4.69, 9.17) is 10.5 Å². The lowest BCUT2D eigenvalue weighted by Gasteiger charge is -2.31. The Morgan fingerprint density at radius 1 is 1.15 bits per heavy atom. The Labute approximate surface area is 158 Å². The third-order valence-corrected chi connectivity index (χ3v) is 5.18. The zero-order valence-electron chi connectivity index (χ0n) is 14.8. The molecule has 138 valence electrons. The van der Waals surface area contributed by atoms with Crippen LogP contribution in [0, 0.1) is 0 Å². The van der Waals surface area contributed by atoms with Gasteiger partial charge < -0.3 is 20.4 Å². The van der Waals surface area contributed by atoms with Crippen LogP contribution in [0.3, 0.4) is 0 Å². The molecule has 0 radical (unpaired) electrons. The summed E-state index contributed by atoms with van der Waals surface area (Å²) in [5.41, 5.74) is 8.61. The smallest absolute Gasteiger partial charge is 0.244 e. The first-order valence-electron chi connectivity index (χ1n) is 8.81. The minimum Gasteiger partial charge on any atom is -0.381 e. The van der Waals surface area contributed by atoms with Gasteiger partial charge in [0, 0.05) is 47.3 Å². The monoisotopic (exact) mass is 373 g/mol. The number of hydrogen-bond donors (Lipinski definition) is 2. The van der Waals surface area contributed by atoms with Gasteiger partial charge in [0.05, 0.1) is 0 Å². The summed E-state index contributed by atoms with van der Waals surface area (Å²) in [6, 6.07) is 14.4. The molecule has 0 saturated carbocycles. The van der Waals surface area contributed by atoms with Crippen molar-refractivity contribution in [2.45, 2.75) is 31.8 Å². The van der Waals surface area contributed by atoms with Crippen LogP contribution in [0.5, 0.6) is 0 Å². The number of amides is 1. The molecule has 1 fully saturated rings. The highest BCUT2D eigenvalue weighted by Crippen LogP contribution is 2.31. The van der Waals surface area contributed by atoms with E-state index >= 15 is 0 Å². The van der Waals surface area contributed by atoms with Crippen LogP contribution >= 0.6 is 12.4 Å². The average molecular weight is 374 g/mol. The highest BCUT2D eigenvalue weighted by Gasteiger charge is 2.35. The second-order valence-electron chi connectivity index (χ2n) is 6.72. The molecule has 0 atom stereocenters. The fourth-order valence-electron chi connectivity index (χ4n) is 3.69. The Bertz CT molecular complexity index is 945. The summed E-state index contributed by atoms with van der Waals surface area (Å²) < 4.78 is 7.61. The molecule has 2 heterocycles. The third kappa shape index (κ3) is 3.07. The van der Waals surface area contributed by atoms with E-state index in [1.165, 1.54) is 16.4 Å². The number of fused-ring (bicyclic) bond motifs is 3. The van der Waals surface area contributed by atoms with Gasteiger partial charge in [-0.15, -0.1) is 12.4 Å². The minimum absolute atomic E-state index is 0. The molecular weight excluding hydrogens is 350 g/mol. The van der Waals surface area contributed by atoms with Crippen molar-refractivity contribution < 1.29 is 9.53 Å². The third-order valence-electron chi connectivity index (χ3n) is 5.18. The minimum atomic E-state index is -0.843. The van der Waals surface area contributed by atoms with Gasteiger partial charge in [0.1, 0.15) is 5.54 Å². The molecule has 2 aromatic carbocycles. The zero-order chi connectivity index (χ0) is 17.4. The molecule has 1 aromatic heterocycles. The van der Waals surface area contributed by atoms with E-state index in [0.29, 0.717) is 26.1 Å². The number of benzene rings is 2. The lowest BCUT2D eigenvalue weighted by Crippen LogP contribution is -2.54. The number of ether oxygens (including phenoxy) is 1. The molecule has 1 aliphatic heterocycles. The van der Waals surface area contributed by atoms with E-state index in [2.05, 4.69) is 41.1 Å². The number of aromatic nitrogens is 1. The average Bonchev–Trinajstić information content (AvgIpc) is 2.95. The number of hydrogen-bond acceptors (Lipinski definition) is 3. The molecule has 1 amide bonds. The second kappa shape index (κ2) is 7.27. The van der Waals surface area contributed by atoms with E-state index < -0.39 is 5.54 Å². The molecule has 1 aliphatic rings. The molecule has 0 spiro atoms. The lowest BCUT2D eigenvalue weighted by atomic mass is 9.90. The number of para-hydroxylation sites is 1. The van der Waals surface area contributed by atoms with Crippen molar-refractivity contribution in [1.29, 1.82) is 0 Å². The van der Waals surface area contributed by atoms with Gasteiger partial charge in [-0.3, -0.25) is 4.79 Å². The van der Waals surface area contributed by atoms with Gasteiger partial charge in [0.2, 0.25) is 5.91 Å². The van der Waals surface area contributed by atoms with Crippen LogP contribution in [0.2, 0.25) is 0 Å². The van der Waals surface area contributed by atoms with Crippen LogP contribution in [0.1, 0.15) is 19.8 Å². The Morgan fingerprint density at radius 2 is 1.85 bits per heavy atom. The fourth-order valence-corrected chi connectivity index (χ4v) is 3.69. The van der Waals surface area contributed by atoms with Gasteiger partial charge in [-0.25, -0.2) is 0 Å². The van der Waals surface area contributed by atoms with Crippen molar-refractivity contribution in [2.24, 2.45) is 5.73 Å². The summed E-state index contributed by atoms with van der Waals surface area (Å²) in [5.74, 6) is -0.130. The maximum Gasteiger partial charge on any atom is 0.244 e. The van der Waals surface area contributed by atoms with E-state index in [0.717, 1.165) is 17.6 Å². The van der Waals surface area contributed by atoms with Crippen LogP contribution in [0.15, 0.2) is 42.5 Å². The molecule has 6 heteroatoms. The van der Waals surface area contributed by atoms with E-state index in [9.17, 15) is 4.79 Å². The first kappa shape index (κ1) is 18.7. The molecule has 0 aliphatic carbocycles.